The summed E-state index contributed by atoms with van der Waals surface area (Å²) in [6.45, 7) is 4.04. The Morgan fingerprint density at radius 3 is 2.96 bits per heavy atom. The fourth-order valence-electron chi connectivity index (χ4n) is 3.21. The van der Waals surface area contributed by atoms with E-state index in [4.69, 9.17) is 0 Å². The summed E-state index contributed by atoms with van der Waals surface area (Å²) in [6.07, 6.45) is 4.46. The molecule has 4 nitrogen and oxygen atoms in total. The number of hydrogen-bond donors (Lipinski definition) is 1. The molecule has 2 unspecified atom stereocenters. The van der Waals surface area contributed by atoms with Crippen LogP contribution in [0.2, 0.25) is 0 Å². The predicted octanol–water partition coefficient (Wildman–Crippen LogP) is 3.08. The molecule has 1 aromatic carbocycles. The molecule has 0 radical (unpaired) electrons. The third-order valence-electron chi connectivity index (χ3n) is 4.94. The van der Waals surface area contributed by atoms with Crippen LogP contribution in [-0.4, -0.2) is 46.2 Å². The van der Waals surface area contributed by atoms with Gasteiger partial charge in [-0.05, 0) is 55.9 Å². The number of nitrogens with one attached hydrogen (secondary N) is 1. The zero-order valence-corrected chi connectivity index (χ0v) is 16.5. The summed E-state index contributed by atoms with van der Waals surface area (Å²) in [5, 5.41) is 3.01. The average molecular weight is 379 g/mol. The van der Waals surface area contributed by atoms with Gasteiger partial charge in [-0.3, -0.25) is 9.59 Å². The van der Waals surface area contributed by atoms with E-state index in [1.165, 1.54) is 24.0 Å². The van der Waals surface area contributed by atoms with Crippen molar-refractivity contribution in [3.05, 3.63) is 29.3 Å². The second-order valence-corrected chi connectivity index (χ2v) is 8.82. The predicted molar refractivity (Wildman–Crippen MR) is 105 cm³/mol. The first-order chi connectivity index (χ1) is 12.1. The third kappa shape index (κ3) is 4.53. The maximum absolute atomic E-state index is 12.6. The Hall–Kier alpha value is -1.14. The van der Waals surface area contributed by atoms with Gasteiger partial charge in [-0.1, -0.05) is 13.0 Å². The lowest BCUT2D eigenvalue weighted by molar-refractivity contribution is -0.136. The van der Waals surface area contributed by atoms with Crippen molar-refractivity contribution in [2.75, 3.05) is 17.4 Å². The van der Waals surface area contributed by atoms with E-state index in [-0.39, 0.29) is 23.9 Å². The molecule has 0 aromatic heterocycles. The van der Waals surface area contributed by atoms with Crippen molar-refractivity contribution in [2.45, 2.75) is 56.5 Å². The van der Waals surface area contributed by atoms with Crippen molar-refractivity contribution in [3.8, 4) is 0 Å². The van der Waals surface area contributed by atoms with Gasteiger partial charge in [0.15, 0.2) is 0 Å². The molecule has 1 heterocycles. The van der Waals surface area contributed by atoms with Crippen LogP contribution in [-0.2, 0) is 22.4 Å². The SMILES string of the molecule is CCC(C)NC(=O)C1CSCN1C(=O)CSc1ccc2c(c1)CCC2. The fraction of sp³-hybridized carbons (Fsp3) is 0.579. The molecule has 1 aliphatic carbocycles. The van der Waals surface area contributed by atoms with Gasteiger partial charge in [0.2, 0.25) is 11.8 Å². The summed E-state index contributed by atoms with van der Waals surface area (Å²) in [5.41, 5.74) is 2.88. The molecular formula is C19H26N2O2S2. The number of carbonyl (C=O) groups excluding carboxylic acids is 2. The van der Waals surface area contributed by atoms with Crippen molar-refractivity contribution in [1.82, 2.24) is 10.2 Å². The summed E-state index contributed by atoms with van der Waals surface area (Å²) in [4.78, 5) is 27.9. The summed E-state index contributed by atoms with van der Waals surface area (Å²) < 4.78 is 0. The lowest BCUT2D eigenvalue weighted by Gasteiger charge is -2.24. The first-order valence-corrected chi connectivity index (χ1v) is 11.1. The molecule has 6 heteroatoms. The van der Waals surface area contributed by atoms with Crippen LogP contribution < -0.4 is 5.32 Å². The number of thioether (sulfide) groups is 2. The van der Waals surface area contributed by atoms with Crippen molar-refractivity contribution in [3.63, 3.8) is 0 Å². The van der Waals surface area contributed by atoms with Gasteiger partial charge in [0.1, 0.15) is 6.04 Å². The molecule has 2 amide bonds. The van der Waals surface area contributed by atoms with E-state index in [1.807, 2.05) is 13.8 Å². The van der Waals surface area contributed by atoms with E-state index >= 15 is 0 Å². The Morgan fingerprint density at radius 2 is 2.16 bits per heavy atom. The van der Waals surface area contributed by atoms with Crippen LogP contribution in [0, 0.1) is 0 Å². The highest BCUT2D eigenvalue weighted by atomic mass is 32.2. The fourth-order valence-corrected chi connectivity index (χ4v) is 5.24. The average Bonchev–Trinajstić information content (AvgIpc) is 3.27. The van der Waals surface area contributed by atoms with Crippen LogP contribution in [0.1, 0.15) is 37.8 Å². The molecule has 0 spiro atoms. The van der Waals surface area contributed by atoms with Crippen molar-refractivity contribution in [2.24, 2.45) is 0 Å². The first kappa shape index (κ1) is 18.6. The van der Waals surface area contributed by atoms with E-state index < -0.39 is 0 Å². The lowest BCUT2D eigenvalue weighted by atomic mass is 10.1. The van der Waals surface area contributed by atoms with E-state index in [9.17, 15) is 9.59 Å². The van der Waals surface area contributed by atoms with Crippen LogP contribution in [0.5, 0.6) is 0 Å². The van der Waals surface area contributed by atoms with Gasteiger partial charge in [-0.2, -0.15) is 0 Å². The van der Waals surface area contributed by atoms with Crippen LogP contribution in [0.4, 0.5) is 0 Å². The van der Waals surface area contributed by atoms with Crippen LogP contribution in [0.3, 0.4) is 0 Å². The first-order valence-electron chi connectivity index (χ1n) is 9.00. The molecule has 1 saturated heterocycles. The molecule has 3 rings (SSSR count). The highest BCUT2D eigenvalue weighted by Crippen LogP contribution is 2.29. The largest absolute Gasteiger partial charge is 0.352 e. The Labute approximate surface area is 158 Å². The van der Waals surface area contributed by atoms with Crippen molar-refractivity contribution >= 4 is 35.3 Å². The molecule has 1 N–H and O–H groups in total. The van der Waals surface area contributed by atoms with E-state index in [0.717, 1.165) is 17.7 Å². The van der Waals surface area contributed by atoms with Crippen molar-refractivity contribution < 1.29 is 9.59 Å². The Bertz CT molecular complexity index is 650. The molecule has 2 atom stereocenters. The number of hydrogen-bond acceptors (Lipinski definition) is 4. The summed E-state index contributed by atoms with van der Waals surface area (Å²) in [6, 6.07) is 6.37. The molecule has 0 bridgehead atoms. The minimum Gasteiger partial charge on any atom is -0.352 e. The Morgan fingerprint density at radius 1 is 1.36 bits per heavy atom. The summed E-state index contributed by atoms with van der Waals surface area (Å²) in [5.74, 6) is 1.74. The molecule has 136 valence electrons. The highest BCUT2D eigenvalue weighted by molar-refractivity contribution is 8.00. The highest BCUT2D eigenvalue weighted by Gasteiger charge is 2.34. The number of carbonyl (C=O) groups is 2. The second-order valence-electron chi connectivity index (χ2n) is 6.77. The molecule has 25 heavy (non-hydrogen) atoms. The lowest BCUT2D eigenvalue weighted by Crippen LogP contribution is -2.49. The smallest absolute Gasteiger partial charge is 0.243 e. The maximum atomic E-state index is 12.6. The molecule has 1 fully saturated rings. The van der Waals surface area contributed by atoms with Crippen molar-refractivity contribution in [1.29, 1.82) is 0 Å². The van der Waals surface area contributed by atoms with Crippen LogP contribution >= 0.6 is 23.5 Å². The second kappa shape index (κ2) is 8.49. The third-order valence-corrected chi connectivity index (χ3v) is 6.93. The monoisotopic (exact) mass is 378 g/mol. The zero-order valence-electron chi connectivity index (χ0n) is 14.9. The standard InChI is InChI=1S/C19H26N2O2S2/c1-3-13(2)20-19(23)17-10-24-12-21(17)18(22)11-25-16-8-7-14-5-4-6-15(14)9-16/h7-9,13,17H,3-6,10-12H2,1-2H3,(H,20,23). The van der Waals surface area contributed by atoms with Gasteiger partial charge in [0.05, 0.1) is 11.6 Å². The summed E-state index contributed by atoms with van der Waals surface area (Å²) in [7, 11) is 0. The minimum atomic E-state index is -0.327. The van der Waals surface area contributed by atoms with Gasteiger partial charge >= 0.3 is 0 Å². The number of amides is 2. The Balaban J connectivity index is 1.55. The number of nitrogens with zero attached hydrogens (tertiary/aromatic N) is 1. The van der Waals surface area contributed by atoms with Gasteiger partial charge in [-0.15, -0.1) is 23.5 Å². The minimum absolute atomic E-state index is 0.0183. The van der Waals surface area contributed by atoms with Gasteiger partial charge in [0, 0.05) is 16.7 Å². The molecule has 2 aliphatic rings. The Kier molecular flexibility index (Phi) is 6.34. The van der Waals surface area contributed by atoms with E-state index in [1.54, 1.807) is 28.4 Å². The van der Waals surface area contributed by atoms with Crippen LogP contribution in [0.25, 0.3) is 0 Å². The van der Waals surface area contributed by atoms with Gasteiger partial charge in [0.25, 0.3) is 0 Å². The van der Waals surface area contributed by atoms with E-state index in [0.29, 0.717) is 17.4 Å². The number of fused-ring (bicyclic) bond motifs is 1. The number of rotatable bonds is 6. The molecule has 0 saturated carbocycles. The maximum Gasteiger partial charge on any atom is 0.243 e. The normalized spacial score (nSPS) is 20.4. The van der Waals surface area contributed by atoms with Gasteiger partial charge in [-0.25, -0.2) is 0 Å². The van der Waals surface area contributed by atoms with Crippen LogP contribution in [0.15, 0.2) is 23.1 Å². The molecular weight excluding hydrogens is 352 g/mol. The van der Waals surface area contributed by atoms with E-state index in [2.05, 4.69) is 23.5 Å². The van der Waals surface area contributed by atoms with Gasteiger partial charge < -0.3 is 10.2 Å². The number of benzene rings is 1. The summed E-state index contributed by atoms with van der Waals surface area (Å²) >= 11 is 3.24. The zero-order chi connectivity index (χ0) is 17.8. The molecule has 1 aromatic rings. The number of aryl methyl sites for hydroxylation is 2. The topological polar surface area (TPSA) is 49.4 Å². The molecule has 1 aliphatic heterocycles. The quantitative estimate of drug-likeness (QED) is 0.773.